The molecule has 0 aliphatic carbocycles. The molecule has 8 nitrogen and oxygen atoms in total. The lowest BCUT2D eigenvalue weighted by molar-refractivity contribution is -0.135. The van der Waals surface area contributed by atoms with E-state index >= 15 is 0 Å². The molecule has 1 aromatic carbocycles. The van der Waals surface area contributed by atoms with Crippen molar-refractivity contribution in [3.63, 3.8) is 0 Å². The third-order valence-corrected chi connectivity index (χ3v) is 2.56. The summed E-state index contributed by atoms with van der Waals surface area (Å²) in [6, 6.07) is 6.24. The van der Waals surface area contributed by atoms with Crippen molar-refractivity contribution < 1.29 is 28.7 Å². The van der Waals surface area contributed by atoms with Crippen LogP contribution < -0.4 is 10.6 Å². The number of hydrogen-bond acceptors (Lipinski definition) is 6. The monoisotopic (exact) mass is 332 g/mol. The fourth-order valence-electron chi connectivity index (χ4n) is 1.43. The summed E-state index contributed by atoms with van der Waals surface area (Å²) in [5.74, 6) is -2.28. The lowest BCUT2D eigenvalue weighted by Gasteiger charge is -2.05. The maximum atomic E-state index is 11.5. The van der Waals surface area contributed by atoms with E-state index in [1.54, 1.807) is 24.3 Å². The molecule has 0 spiro atoms. The molecule has 0 saturated carbocycles. The van der Waals surface area contributed by atoms with Gasteiger partial charge in [0, 0.05) is 35.7 Å². The number of carbonyl (C=O) groups is 4. The van der Waals surface area contributed by atoms with Crippen molar-refractivity contribution in [1.82, 2.24) is 0 Å². The second kappa shape index (κ2) is 9.57. The number of carbonyl (C=O) groups excluding carboxylic acids is 4. The number of benzene rings is 1. The van der Waals surface area contributed by atoms with E-state index in [1.807, 2.05) is 0 Å². The summed E-state index contributed by atoms with van der Waals surface area (Å²) in [6.07, 6.45) is 4.08. The van der Waals surface area contributed by atoms with Gasteiger partial charge in [0.2, 0.25) is 11.8 Å². The van der Waals surface area contributed by atoms with E-state index in [0.717, 1.165) is 24.3 Å². The Labute approximate surface area is 138 Å². The van der Waals surface area contributed by atoms with Crippen molar-refractivity contribution in [1.29, 1.82) is 0 Å². The van der Waals surface area contributed by atoms with Crippen LogP contribution in [0.1, 0.15) is 0 Å². The summed E-state index contributed by atoms with van der Waals surface area (Å²) in [5.41, 5.74) is 0.940. The first-order chi connectivity index (χ1) is 11.4. The predicted molar refractivity (Wildman–Crippen MR) is 86.0 cm³/mol. The van der Waals surface area contributed by atoms with E-state index < -0.39 is 23.8 Å². The normalized spacial score (nSPS) is 10.4. The molecule has 0 fully saturated rings. The van der Waals surface area contributed by atoms with Crippen molar-refractivity contribution >= 4 is 35.1 Å². The van der Waals surface area contributed by atoms with Crippen LogP contribution in [0.4, 0.5) is 11.4 Å². The first-order valence-corrected chi connectivity index (χ1v) is 6.68. The molecule has 0 aliphatic heterocycles. The standard InChI is InChI=1S/C16H16N2O6/c1-23-15(21)9-7-13(19)17-11-3-5-12(6-4-11)18-14(20)8-10-16(22)24-2/h3-10H,1-2H3,(H,17,19)(H,18,20). The lowest BCUT2D eigenvalue weighted by Crippen LogP contribution is -2.10. The highest BCUT2D eigenvalue weighted by molar-refractivity contribution is 6.04. The predicted octanol–water partition coefficient (Wildman–Crippen LogP) is 1.02. The third-order valence-electron chi connectivity index (χ3n) is 2.56. The zero-order valence-electron chi connectivity index (χ0n) is 13.1. The summed E-state index contributed by atoms with van der Waals surface area (Å²) < 4.78 is 8.73. The number of hydrogen-bond donors (Lipinski definition) is 2. The number of anilines is 2. The Kier molecular flexibility index (Phi) is 7.43. The Morgan fingerprint density at radius 3 is 1.33 bits per heavy atom. The number of rotatable bonds is 6. The van der Waals surface area contributed by atoms with Crippen LogP contribution in [-0.4, -0.2) is 38.0 Å². The quantitative estimate of drug-likeness (QED) is 0.594. The van der Waals surface area contributed by atoms with Crippen LogP contribution in [0.2, 0.25) is 0 Å². The molecule has 8 heteroatoms. The zero-order valence-corrected chi connectivity index (χ0v) is 13.1. The van der Waals surface area contributed by atoms with Crippen LogP contribution in [0.3, 0.4) is 0 Å². The highest BCUT2D eigenvalue weighted by Crippen LogP contribution is 2.13. The van der Waals surface area contributed by atoms with Crippen molar-refractivity contribution in [3.8, 4) is 0 Å². The molecule has 1 aromatic rings. The Morgan fingerprint density at radius 1 is 0.708 bits per heavy atom. The van der Waals surface area contributed by atoms with Crippen LogP contribution in [0.5, 0.6) is 0 Å². The largest absolute Gasteiger partial charge is 0.466 e. The minimum absolute atomic E-state index is 0.470. The van der Waals surface area contributed by atoms with Crippen molar-refractivity contribution in [3.05, 3.63) is 48.6 Å². The van der Waals surface area contributed by atoms with Gasteiger partial charge < -0.3 is 20.1 Å². The zero-order chi connectivity index (χ0) is 17.9. The van der Waals surface area contributed by atoms with Gasteiger partial charge >= 0.3 is 11.9 Å². The van der Waals surface area contributed by atoms with Crippen LogP contribution in [-0.2, 0) is 28.7 Å². The molecule has 2 amide bonds. The minimum atomic E-state index is -0.636. The number of esters is 2. The fraction of sp³-hybridized carbons (Fsp3) is 0.125. The lowest BCUT2D eigenvalue weighted by atomic mass is 10.2. The summed E-state index contributed by atoms with van der Waals surface area (Å²) in [6.45, 7) is 0. The Bertz CT molecular complexity index is 617. The Balaban J connectivity index is 2.57. The molecule has 0 atom stereocenters. The maximum absolute atomic E-state index is 11.5. The van der Waals surface area contributed by atoms with Gasteiger partial charge in [0.1, 0.15) is 0 Å². The van der Waals surface area contributed by atoms with E-state index in [0.29, 0.717) is 11.4 Å². The smallest absolute Gasteiger partial charge is 0.330 e. The summed E-state index contributed by atoms with van der Waals surface area (Å²) in [7, 11) is 2.41. The molecule has 0 saturated heterocycles. The van der Waals surface area contributed by atoms with E-state index in [-0.39, 0.29) is 0 Å². The number of nitrogens with one attached hydrogen (secondary N) is 2. The highest BCUT2D eigenvalue weighted by Gasteiger charge is 2.02. The van der Waals surface area contributed by atoms with Gasteiger partial charge in [-0.2, -0.15) is 0 Å². The van der Waals surface area contributed by atoms with E-state index in [9.17, 15) is 19.2 Å². The van der Waals surface area contributed by atoms with Gasteiger partial charge in [-0.05, 0) is 24.3 Å². The molecule has 0 aliphatic rings. The summed E-state index contributed by atoms with van der Waals surface area (Å²) in [4.78, 5) is 44.8. The van der Waals surface area contributed by atoms with Gasteiger partial charge in [0.25, 0.3) is 0 Å². The molecular weight excluding hydrogens is 316 g/mol. The number of methoxy groups -OCH3 is 2. The molecule has 0 heterocycles. The average molecular weight is 332 g/mol. The van der Waals surface area contributed by atoms with Crippen LogP contribution in [0.25, 0.3) is 0 Å². The van der Waals surface area contributed by atoms with Crippen molar-refractivity contribution in [2.24, 2.45) is 0 Å². The van der Waals surface area contributed by atoms with Crippen molar-refractivity contribution in [2.75, 3.05) is 24.9 Å². The average Bonchev–Trinajstić information content (AvgIpc) is 2.59. The van der Waals surface area contributed by atoms with Gasteiger partial charge in [-0.25, -0.2) is 9.59 Å². The summed E-state index contributed by atoms with van der Waals surface area (Å²) in [5, 5.41) is 5.06. The SMILES string of the molecule is COC(=O)C=CC(=O)Nc1ccc(NC(=O)C=CC(=O)OC)cc1. The molecule has 1 rings (SSSR count). The van der Waals surface area contributed by atoms with Crippen LogP contribution in [0, 0.1) is 0 Å². The molecule has 0 bridgehead atoms. The molecule has 0 radical (unpaired) electrons. The number of amides is 2. The van der Waals surface area contributed by atoms with Gasteiger partial charge in [0.15, 0.2) is 0 Å². The van der Waals surface area contributed by atoms with Gasteiger partial charge in [-0.1, -0.05) is 0 Å². The Hall–Kier alpha value is -3.42. The van der Waals surface area contributed by atoms with Gasteiger partial charge in [-0.15, -0.1) is 0 Å². The van der Waals surface area contributed by atoms with Crippen LogP contribution >= 0.6 is 0 Å². The number of ether oxygens (including phenoxy) is 2. The third kappa shape index (κ3) is 7.03. The van der Waals surface area contributed by atoms with E-state index in [4.69, 9.17) is 0 Å². The second-order valence-electron chi connectivity index (χ2n) is 4.27. The minimum Gasteiger partial charge on any atom is -0.466 e. The summed E-state index contributed by atoms with van der Waals surface area (Å²) >= 11 is 0. The van der Waals surface area contributed by atoms with Crippen LogP contribution in [0.15, 0.2) is 48.6 Å². The van der Waals surface area contributed by atoms with E-state index in [2.05, 4.69) is 20.1 Å². The maximum Gasteiger partial charge on any atom is 0.330 e. The fourth-order valence-corrected chi connectivity index (χ4v) is 1.43. The first-order valence-electron chi connectivity index (χ1n) is 6.68. The van der Waals surface area contributed by atoms with Gasteiger partial charge in [0.05, 0.1) is 14.2 Å². The Morgan fingerprint density at radius 2 is 1.04 bits per heavy atom. The molecule has 24 heavy (non-hydrogen) atoms. The highest BCUT2D eigenvalue weighted by atomic mass is 16.5. The first kappa shape index (κ1) is 18.6. The molecule has 0 aromatic heterocycles. The second-order valence-corrected chi connectivity index (χ2v) is 4.27. The molecule has 2 N–H and O–H groups in total. The molecule has 126 valence electrons. The van der Waals surface area contributed by atoms with Crippen molar-refractivity contribution in [2.45, 2.75) is 0 Å². The van der Waals surface area contributed by atoms with E-state index in [1.165, 1.54) is 14.2 Å². The molecular formula is C16H16N2O6. The van der Waals surface area contributed by atoms with Gasteiger partial charge in [-0.3, -0.25) is 9.59 Å². The molecule has 0 unspecified atom stereocenters. The topological polar surface area (TPSA) is 111 Å².